The third-order valence-electron chi connectivity index (χ3n) is 1.96. The fourth-order valence-electron chi connectivity index (χ4n) is 0.682. The summed E-state index contributed by atoms with van der Waals surface area (Å²) in [4.78, 5) is 10.6. The molecular weight excluding hydrogens is 148 g/mol. The van der Waals surface area contributed by atoms with Gasteiger partial charge in [-0.1, -0.05) is 6.92 Å². The molecular formula is C7H14O2S. The predicted octanol–water partition coefficient (Wildman–Crippen LogP) is 1.81. The van der Waals surface area contributed by atoms with Crippen LogP contribution in [-0.4, -0.2) is 16.8 Å². The first-order valence-corrected chi connectivity index (χ1v) is 4.04. The van der Waals surface area contributed by atoms with E-state index in [-0.39, 0.29) is 0 Å². The van der Waals surface area contributed by atoms with E-state index in [9.17, 15) is 4.79 Å². The summed E-state index contributed by atoms with van der Waals surface area (Å²) < 4.78 is 0. The maximum absolute atomic E-state index is 10.6. The van der Waals surface area contributed by atoms with Gasteiger partial charge in [0.05, 0.1) is 5.41 Å². The maximum Gasteiger partial charge on any atom is 0.309 e. The first-order chi connectivity index (χ1) is 4.56. The molecule has 0 aliphatic carbocycles. The molecule has 10 heavy (non-hydrogen) atoms. The molecule has 1 atom stereocenters. The summed E-state index contributed by atoms with van der Waals surface area (Å²) in [5.74, 6) is -0.0829. The minimum absolute atomic E-state index is 0.568. The van der Waals surface area contributed by atoms with Gasteiger partial charge in [0, 0.05) is 0 Å². The van der Waals surface area contributed by atoms with Gasteiger partial charge in [0.2, 0.25) is 0 Å². The lowest BCUT2D eigenvalue weighted by Crippen LogP contribution is -2.26. The molecule has 0 rings (SSSR count). The van der Waals surface area contributed by atoms with E-state index in [2.05, 4.69) is 12.6 Å². The van der Waals surface area contributed by atoms with Crippen molar-refractivity contribution in [3.8, 4) is 0 Å². The van der Waals surface area contributed by atoms with Crippen LogP contribution in [0.5, 0.6) is 0 Å². The van der Waals surface area contributed by atoms with Crippen LogP contribution in [-0.2, 0) is 4.79 Å². The van der Waals surface area contributed by atoms with E-state index >= 15 is 0 Å². The summed E-state index contributed by atoms with van der Waals surface area (Å²) in [7, 11) is 0. The smallest absolute Gasteiger partial charge is 0.309 e. The van der Waals surface area contributed by atoms with Crippen molar-refractivity contribution >= 4 is 18.6 Å². The van der Waals surface area contributed by atoms with Crippen molar-refractivity contribution in [3.05, 3.63) is 0 Å². The van der Waals surface area contributed by atoms with Gasteiger partial charge in [0.15, 0.2) is 0 Å². The number of aliphatic carboxylic acids is 1. The van der Waals surface area contributed by atoms with Gasteiger partial charge >= 0.3 is 5.97 Å². The average molecular weight is 162 g/mol. The van der Waals surface area contributed by atoms with Gasteiger partial charge < -0.3 is 5.11 Å². The maximum atomic E-state index is 10.6. The Morgan fingerprint density at radius 2 is 2.20 bits per heavy atom. The number of carbonyl (C=O) groups is 1. The van der Waals surface area contributed by atoms with Gasteiger partial charge in [-0.25, -0.2) is 0 Å². The highest BCUT2D eigenvalue weighted by atomic mass is 32.1. The van der Waals surface area contributed by atoms with Gasteiger partial charge in [-0.2, -0.15) is 12.6 Å². The Kier molecular flexibility index (Phi) is 3.79. The lowest BCUT2D eigenvalue weighted by Gasteiger charge is -2.21. The zero-order chi connectivity index (χ0) is 8.20. The summed E-state index contributed by atoms with van der Waals surface area (Å²) in [6.45, 7) is 3.64. The molecule has 0 heterocycles. The van der Waals surface area contributed by atoms with Gasteiger partial charge in [-0.15, -0.1) is 0 Å². The fourth-order valence-corrected chi connectivity index (χ4v) is 1.18. The number of carboxylic acid groups (broad SMARTS) is 1. The monoisotopic (exact) mass is 162 g/mol. The fraction of sp³-hybridized carbons (Fsp3) is 0.857. The van der Waals surface area contributed by atoms with Crippen LogP contribution in [0.3, 0.4) is 0 Å². The quantitative estimate of drug-likeness (QED) is 0.619. The Labute approximate surface area is 67.0 Å². The SMILES string of the molecule is CCC(C)(CCS)C(=O)O. The second-order valence-electron chi connectivity index (χ2n) is 2.69. The lowest BCUT2D eigenvalue weighted by molar-refractivity contribution is -0.148. The van der Waals surface area contributed by atoms with Crippen molar-refractivity contribution in [2.45, 2.75) is 26.7 Å². The molecule has 0 amide bonds. The molecule has 60 valence electrons. The van der Waals surface area contributed by atoms with Crippen molar-refractivity contribution in [1.29, 1.82) is 0 Å². The Balaban J connectivity index is 4.08. The zero-order valence-electron chi connectivity index (χ0n) is 6.42. The molecule has 0 aromatic carbocycles. The molecule has 0 saturated carbocycles. The Bertz CT molecular complexity index is 125. The third kappa shape index (κ3) is 2.21. The molecule has 0 bridgehead atoms. The molecule has 0 radical (unpaired) electrons. The first-order valence-electron chi connectivity index (χ1n) is 3.41. The Morgan fingerprint density at radius 1 is 1.70 bits per heavy atom. The largest absolute Gasteiger partial charge is 0.481 e. The molecule has 2 nitrogen and oxygen atoms in total. The Hall–Kier alpha value is -0.180. The molecule has 0 fully saturated rings. The van der Waals surface area contributed by atoms with Crippen LogP contribution in [0.25, 0.3) is 0 Å². The van der Waals surface area contributed by atoms with Crippen LogP contribution in [0.15, 0.2) is 0 Å². The van der Waals surface area contributed by atoms with Crippen molar-refractivity contribution in [1.82, 2.24) is 0 Å². The van der Waals surface area contributed by atoms with Crippen LogP contribution >= 0.6 is 12.6 Å². The van der Waals surface area contributed by atoms with E-state index in [4.69, 9.17) is 5.11 Å². The topological polar surface area (TPSA) is 37.3 Å². The highest BCUT2D eigenvalue weighted by Gasteiger charge is 2.29. The molecule has 0 aromatic heterocycles. The molecule has 0 saturated heterocycles. The van der Waals surface area contributed by atoms with Gasteiger partial charge in [0.25, 0.3) is 0 Å². The van der Waals surface area contributed by atoms with Crippen molar-refractivity contribution in [3.63, 3.8) is 0 Å². The number of hydrogen-bond donors (Lipinski definition) is 2. The van der Waals surface area contributed by atoms with E-state index in [1.165, 1.54) is 0 Å². The standard InChI is InChI=1S/C7H14O2S/c1-3-7(2,4-5-10)6(8)9/h10H,3-5H2,1-2H3,(H,8,9). The van der Waals surface area contributed by atoms with E-state index < -0.39 is 11.4 Å². The molecule has 1 N–H and O–H groups in total. The van der Waals surface area contributed by atoms with E-state index in [1.54, 1.807) is 6.92 Å². The third-order valence-corrected chi connectivity index (χ3v) is 2.18. The summed E-state index contributed by atoms with van der Waals surface area (Å²) in [5.41, 5.74) is -0.568. The minimum Gasteiger partial charge on any atom is -0.481 e. The highest BCUT2D eigenvalue weighted by Crippen LogP contribution is 2.25. The van der Waals surface area contributed by atoms with Crippen LogP contribution in [0.2, 0.25) is 0 Å². The van der Waals surface area contributed by atoms with Gasteiger partial charge in [-0.3, -0.25) is 4.79 Å². The van der Waals surface area contributed by atoms with Crippen LogP contribution < -0.4 is 0 Å². The number of thiol groups is 1. The molecule has 0 spiro atoms. The van der Waals surface area contributed by atoms with E-state index in [0.29, 0.717) is 18.6 Å². The van der Waals surface area contributed by atoms with Crippen LogP contribution in [0.1, 0.15) is 26.7 Å². The second-order valence-corrected chi connectivity index (χ2v) is 3.14. The van der Waals surface area contributed by atoms with Crippen molar-refractivity contribution < 1.29 is 9.90 Å². The van der Waals surface area contributed by atoms with Crippen LogP contribution in [0, 0.1) is 5.41 Å². The van der Waals surface area contributed by atoms with Crippen LogP contribution in [0.4, 0.5) is 0 Å². The minimum atomic E-state index is -0.718. The second kappa shape index (κ2) is 3.86. The molecule has 0 aliphatic heterocycles. The number of rotatable bonds is 4. The van der Waals surface area contributed by atoms with E-state index in [0.717, 1.165) is 0 Å². The lowest BCUT2D eigenvalue weighted by atomic mass is 9.85. The summed E-state index contributed by atoms with van der Waals surface area (Å²) in [6.07, 6.45) is 1.31. The average Bonchev–Trinajstić information content (AvgIpc) is 1.88. The molecule has 0 aromatic rings. The number of carboxylic acids is 1. The molecule has 1 unspecified atom stereocenters. The summed E-state index contributed by atoms with van der Waals surface area (Å²) in [5, 5.41) is 8.73. The highest BCUT2D eigenvalue weighted by molar-refractivity contribution is 7.80. The Morgan fingerprint density at radius 3 is 2.30 bits per heavy atom. The first kappa shape index (κ1) is 9.82. The summed E-state index contributed by atoms with van der Waals surface area (Å²) in [6, 6.07) is 0. The normalized spacial score (nSPS) is 16.3. The zero-order valence-corrected chi connectivity index (χ0v) is 7.32. The molecule has 0 aliphatic rings. The predicted molar refractivity (Wildman–Crippen MR) is 44.5 cm³/mol. The van der Waals surface area contributed by atoms with Crippen molar-refractivity contribution in [2.24, 2.45) is 5.41 Å². The molecule has 3 heteroatoms. The van der Waals surface area contributed by atoms with Crippen molar-refractivity contribution in [2.75, 3.05) is 5.75 Å². The van der Waals surface area contributed by atoms with Gasteiger partial charge in [0.1, 0.15) is 0 Å². The van der Waals surface area contributed by atoms with E-state index in [1.807, 2.05) is 6.92 Å². The van der Waals surface area contributed by atoms with Gasteiger partial charge in [-0.05, 0) is 25.5 Å². The number of hydrogen-bond acceptors (Lipinski definition) is 2. The summed E-state index contributed by atoms with van der Waals surface area (Å²) >= 11 is 4.00.